The van der Waals surface area contributed by atoms with Gasteiger partial charge in [-0.05, 0) is 54.3 Å². The molecule has 1 aliphatic carbocycles. The minimum atomic E-state index is 0.0230. The minimum absolute atomic E-state index is 0.0230. The number of ether oxygens (including phenoxy) is 1. The van der Waals surface area contributed by atoms with Gasteiger partial charge in [0.25, 0.3) is 0 Å². The van der Waals surface area contributed by atoms with E-state index in [-0.39, 0.29) is 18.1 Å². The van der Waals surface area contributed by atoms with Gasteiger partial charge in [0.05, 0.1) is 12.2 Å². The monoisotopic (exact) mass is 528 g/mol. The number of aromatic nitrogens is 2. The molecule has 2 amide bonds. The van der Waals surface area contributed by atoms with Crippen molar-refractivity contribution in [1.29, 1.82) is 0 Å². The fourth-order valence-electron chi connectivity index (χ4n) is 6.14. The number of amides is 2. The van der Waals surface area contributed by atoms with Crippen molar-refractivity contribution in [3.63, 3.8) is 0 Å². The summed E-state index contributed by atoms with van der Waals surface area (Å²) in [5.74, 6) is 1.60. The fraction of sp³-hybridized carbons (Fsp3) is 0.414. The Labute approximate surface area is 226 Å². The first-order chi connectivity index (χ1) is 18.6. The lowest BCUT2D eigenvalue weighted by molar-refractivity contribution is 0.160. The van der Waals surface area contributed by atoms with Crippen LogP contribution in [0.2, 0.25) is 0 Å². The fourth-order valence-corrected chi connectivity index (χ4v) is 7.10. The molecule has 1 fully saturated rings. The molecule has 2 N–H and O–H groups in total. The van der Waals surface area contributed by atoms with Crippen LogP contribution in [-0.4, -0.2) is 63.6 Å². The third kappa shape index (κ3) is 4.43. The lowest BCUT2D eigenvalue weighted by Gasteiger charge is -2.35. The zero-order chi connectivity index (χ0) is 25.6. The zero-order valence-corrected chi connectivity index (χ0v) is 22.4. The highest BCUT2D eigenvalue weighted by molar-refractivity contribution is 7.17. The summed E-state index contributed by atoms with van der Waals surface area (Å²) in [6.45, 7) is 6.03. The summed E-state index contributed by atoms with van der Waals surface area (Å²) in [7, 11) is 0. The van der Waals surface area contributed by atoms with Crippen LogP contribution in [0.15, 0.2) is 52.5 Å². The molecule has 1 aromatic carbocycles. The van der Waals surface area contributed by atoms with Crippen LogP contribution in [-0.2, 0) is 24.2 Å². The van der Waals surface area contributed by atoms with Crippen molar-refractivity contribution in [1.82, 2.24) is 25.3 Å². The quantitative estimate of drug-likeness (QED) is 0.507. The Morgan fingerprint density at radius 3 is 3.16 bits per heavy atom. The van der Waals surface area contributed by atoms with Gasteiger partial charge in [0.2, 0.25) is 0 Å². The second-order valence-electron chi connectivity index (χ2n) is 10.7. The molecular weight excluding hydrogens is 496 g/mol. The first-order valence-corrected chi connectivity index (χ1v) is 14.4. The molecule has 38 heavy (non-hydrogen) atoms. The van der Waals surface area contributed by atoms with Gasteiger partial charge < -0.3 is 15.0 Å². The molecule has 5 heterocycles. The highest BCUT2D eigenvalue weighted by Gasteiger charge is 2.31. The van der Waals surface area contributed by atoms with Gasteiger partial charge in [-0.15, -0.1) is 11.3 Å². The van der Waals surface area contributed by atoms with Crippen molar-refractivity contribution in [2.45, 2.75) is 57.8 Å². The van der Waals surface area contributed by atoms with Crippen molar-refractivity contribution in [3.05, 3.63) is 70.1 Å². The zero-order valence-electron chi connectivity index (χ0n) is 21.6. The van der Waals surface area contributed by atoms with Crippen molar-refractivity contribution in [2.75, 3.05) is 19.6 Å². The molecule has 3 aromatic rings. The van der Waals surface area contributed by atoms with E-state index < -0.39 is 0 Å². The molecule has 0 bridgehead atoms. The molecule has 4 aliphatic rings. The van der Waals surface area contributed by atoms with E-state index in [2.05, 4.69) is 67.2 Å². The third-order valence-corrected chi connectivity index (χ3v) is 9.09. The topological polar surface area (TPSA) is 85.8 Å². The van der Waals surface area contributed by atoms with Gasteiger partial charge in [-0.2, -0.15) is 5.10 Å². The lowest BCUT2D eigenvalue weighted by atomic mass is 9.95. The van der Waals surface area contributed by atoms with E-state index in [4.69, 9.17) is 4.74 Å². The Balaban J connectivity index is 0.998. The molecule has 9 heteroatoms. The van der Waals surface area contributed by atoms with E-state index in [0.29, 0.717) is 19.0 Å². The number of aliphatic imine (C=N–C) groups is 1. The molecule has 0 saturated carbocycles. The van der Waals surface area contributed by atoms with Crippen molar-refractivity contribution in [3.8, 4) is 0 Å². The molecule has 1 saturated heterocycles. The van der Waals surface area contributed by atoms with Gasteiger partial charge in [-0.3, -0.25) is 10.00 Å². The number of allylic oxidation sites excluding steroid dienone is 2. The van der Waals surface area contributed by atoms with E-state index in [1.165, 1.54) is 15.6 Å². The number of urea groups is 1. The molecule has 2 unspecified atom stereocenters. The standard InChI is InChI=1S/C29H32N6O2S/c1-18-30-25-9-8-19(13-26(25)37-18)28-23-16-35(12-10-24(23)32-33-28)29(36)31-21-5-4-11-34(15-21)14-20-17-38-27-7-3-2-6-22(20)27/h2-3,6-8,13,17,21,25H,4-5,9-12,14-16H2,1H3,(H,31,36)(H,32,33). The average molecular weight is 529 g/mol. The number of likely N-dealkylation sites (tertiary alicyclic amines) is 1. The first kappa shape index (κ1) is 23.7. The Kier molecular flexibility index (Phi) is 6.05. The van der Waals surface area contributed by atoms with Crippen LogP contribution in [0.1, 0.15) is 48.7 Å². The Bertz CT molecular complexity index is 1480. The number of thiophene rings is 1. The van der Waals surface area contributed by atoms with Gasteiger partial charge in [0.15, 0.2) is 5.90 Å². The summed E-state index contributed by atoms with van der Waals surface area (Å²) in [5, 5.41) is 14.8. The van der Waals surface area contributed by atoms with Crippen molar-refractivity contribution in [2.24, 2.45) is 4.99 Å². The maximum absolute atomic E-state index is 13.4. The molecule has 3 aliphatic heterocycles. The van der Waals surface area contributed by atoms with Crippen LogP contribution in [0, 0.1) is 0 Å². The van der Waals surface area contributed by atoms with E-state index >= 15 is 0 Å². The van der Waals surface area contributed by atoms with Crippen LogP contribution in [0.4, 0.5) is 4.79 Å². The molecule has 0 spiro atoms. The number of carbonyl (C=O) groups excluding carboxylic acids is 1. The summed E-state index contributed by atoms with van der Waals surface area (Å²) >= 11 is 1.81. The average Bonchev–Trinajstić information content (AvgIpc) is 3.64. The molecule has 2 atom stereocenters. The number of carbonyl (C=O) groups is 1. The summed E-state index contributed by atoms with van der Waals surface area (Å²) in [6.07, 6.45) is 7.94. The number of aromatic amines is 1. The highest BCUT2D eigenvalue weighted by atomic mass is 32.1. The second kappa shape index (κ2) is 9.71. The summed E-state index contributed by atoms with van der Waals surface area (Å²) in [6, 6.07) is 8.89. The molecule has 8 nitrogen and oxygen atoms in total. The Hall–Kier alpha value is -3.43. The molecule has 7 rings (SSSR count). The summed E-state index contributed by atoms with van der Waals surface area (Å²) in [4.78, 5) is 22.3. The third-order valence-electron chi connectivity index (χ3n) is 8.07. The van der Waals surface area contributed by atoms with Crippen LogP contribution in [0.25, 0.3) is 15.7 Å². The number of nitrogens with one attached hydrogen (secondary N) is 2. The van der Waals surface area contributed by atoms with E-state index in [9.17, 15) is 4.79 Å². The maximum Gasteiger partial charge on any atom is 0.317 e. The molecular formula is C29H32N6O2S. The molecule has 196 valence electrons. The van der Waals surface area contributed by atoms with Gasteiger partial charge in [-0.25, -0.2) is 9.79 Å². The van der Waals surface area contributed by atoms with Gasteiger partial charge >= 0.3 is 6.03 Å². The summed E-state index contributed by atoms with van der Waals surface area (Å²) in [5.41, 5.74) is 5.58. The van der Waals surface area contributed by atoms with E-state index in [1.807, 2.05) is 23.2 Å². The van der Waals surface area contributed by atoms with Crippen molar-refractivity contribution >= 4 is 38.9 Å². The normalized spacial score (nSPS) is 23.3. The number of fused-ring (bicyclic) bond motifs is 3. The number of piperidine rings is 1. The molecule has 2 aromatic heterocycles. The van der Waals surface area contributed by atoms with Crippen molar-refractivity contribution < 1.29 is 9.53 Å². The van der Waals surface area contributed by atoms with Crippen LogP contribution in [0.3, 0.4) is 0 Å². The van der Waals surface area contributed by atoms with E-state index in [1.54, 1.807) is 0 Å². The smallest absolute Gasteiger partial charge is 0.317 e. The van der Waals surface area contributed by atoms with Gasteiger partial charge in [0.1, 0.15) is 11.8 Å². The Morgan fingerprint density at radius 2 is 2.21 bits per heavy atom. The number of H-pyrrole nitrogens is 1. The predicted molar refractivity (Wildman–Crippen MR) is 150 cm³/mol. The Morgan fingerprint density at radius 1 is 1.29 bits per heavy atom. The number of hydrogen-bond acceptors (Lipinski definition) is 6. The van der Waals surface area contributed by atoms with Crippen LogP contribution < -0.4 is 5.32 Å². The number of rotatable bonds is 4. The van der Waals surface area contributed by atoms with Gasteiger partial charge in [0, 0.05) is 60.6 Å². The van der Waals surface area contributed by atoms with Crippen LogP contribution in [0.5, 0.6) is 0 Å². The van der Waals surface area contributed by atoms with E-state index in [0.717, 1.165) is 73.6 Å². The first-order valence-electron chi connectivity index (χ1n) is 13.5. The SMILES string of the molecule is CC1=NC2CC=C(c3n[nH]c4c3CN(C(=O)NC3CCCN(Cc5csc6ccccc56)C3)CC4)C=C2O1. The minimum Gasteiger partial charge on any atom is -0.446 e. The maximum atomic E-state index is 13.4. The second-order valence-corrected chi connectivity index (χ2v) is 11.6. The predicted octanol–water partition coefficient (Wildman–Crippen LogP) is 4.84. The molecule has 0 radical (unpaired) electrons. The number of nitrogens with zero attached hydrogens (tertiary/aromatic N) is 4. The highest BCUT2D eigenvalue weighted by Crippen LogP contribution is 2.34. The van der Waals surface area contributed by atoms with Gasteiger partial charge in [-0.1, -0.05) is 24.3 Å². The number of benzene rings is 1. The lowest BCUT2D eigenvalue weighted by Crippen LogP contribution is -2.52. The van der Waals surface area contributed by atoms with Crippen LogP contribution >= 0.6 is 11.3 Å². The largest absolute Gasteiger partial charge is 0.446 e. The number of hydrogen-bond donors (Lipinski definition) is 2. The summed E-state index contributed by atoms with van der Waals surface area (Å²) < 4.78 is 7.14.